The van der Waals surface area contributed by atoms with Crippen molar-refractivity contribution >= 4 is 5.82 Å². The Morgan fingerprint density at radius 1 is 1.09 bits per heavy atom. The Balaban J connectivity index is 1.37. The highest BCUT2D eigenvalue weighted by atomic mass is 16.5. The van der Waals surface area contributed by atoms with Gasteiger partial charge >= 0.3 is 0 Å². The molecule has 168 valence electrons. The Morgan fingerprint density at radius 3 is 2.82 bits per heavy atom. The fraction of sp³-hybridized carbons (Fsp3) is 0.375. The second-order valence-corrected chi connectivity index (χ2v) is 8.78. The van der Waals surface area contributed by atoms with Crippen LogP contribution in [0.15, 0.2) is 49.3 Å². The van der Waals surface area contributed by atoms with Crippen LogP contribution in [0.2, 0.25) is 0 Å². The molecule has 0 aliphatic carbocycles. The van der Waals surface area contributed by atoms with Gasteiger partial charge in [0, 0.05) is 43.4 Å². The molecule has 0 bridgehead atoms. The molecule has 0 spiro atoms. The Bertz CT molecular complexity index is 1280. The second kappa shape index (κ2) is 7.99. The van der Waals surface area contributed by atoms with E-state index in [9.17, 15) is 0 Å². The van der Waals surface area contributed by atoms with Crippen LogP contribution in [-0.4, -0.2) is 47.4 Å². The number of anilines is 1. The van der Waals surface area contributed by atoms with Crippen LogP contribution in [0.25, 0.3) is 22.9 Å². The summed E-state index contributed by atoms with van der Waals surface area (Å²) in [5, 5.41) is 4.36. The molecule has 6 rings (SSSR count). The molecule has 4 aromatic heterocycles. The third-order valence-electron chi connectivity index (χ3n) is 6.39. The van der Waals surface area contributed by atoms with E-state index in [1.807, 2.05) is 29.5 Å². The molecular formula is C24H26N8O. The summed E-state index contributed by atoms with van der Waals surface area (Å²) in [5.74, 6) is 3.38. The first-order valence-electron chi connectivity index (χ1n) is 11.5. The van der Waals surface area contributed by atoms with Gasteiger partial charge in [-0.2, -0.15) is 5.10 Å². The summed E-state index contributed by atoms with van der Waals surface area (Å²) in [6, 6.07) is 6.77. The first-order valence-corrected chi connectivity index (χ1v) is 11.5. The van der Waals surface area contributed by atoms with Crippen molar-refractivity contribution < 1.29 is 4.74 Å². The van der Waals surface area contributed by atoms with Gasteiger partial charge < -0.3 is 14.2 Å². The molecule has 0 saturated carbocycles. The average molecular weight is 443 g/mol. The molecule has 9 nitrogen and oxygen atoms in total. The van der Waals surface area contributed by atoms with Crippen molar-refractivity contribution in [1.29, 1.82) is 0 Å². The Morgan fingerprint density at radius 2 is 1.97 bits per heavy atom. The highest BCUT2D eigenvalue weighted by molar-refractivity contribution is 5.69. The predicted octanol–water partition coefficient (Wildman–Crippen LogP) is 3.91. The lowest BCUT2D eigenvalue weighted by atomic mass is 10.1. The summed E-state index contributed by atoms with van der Waals surface area (Å²) in [4.78, 5) is 20.8. The second-order valence-electron chi connectivity index (χ2n) is 8.78. The summed E-state index contributed by atoms with van der Waals surface area (Å²) in [6.07, 6.45) is 11.5. The van der Waals surface area contributed by atoms with Crippen LogP contribution < -0.4 is 9.64 Å². The van der Waals surface area contributed by atoms with Gasteiger partial charge in [0.2, 0.25) is 0 Å². The highest BCUT2D eigenvalue weighted by Crippen LogP contribution is 2.39. The van der Waals surface area contributed by atoms with Crippen LogP contribution in [0.5, 0.6) is 5.75 Å². The standard InChI is InChI=1S/C24H26N8O/c1-16(2)32-24(27-15-28-32)19-14-30-10-11-33-21-12-22(26-13-18(21)23(30)29-19)31-9-3-4-20(31)17-5-7-25-8-6-17/h5-8,12-16,20H,3-4,9-11H2,1-2H3/t20-/m1/s1. The largest absolute Gasteiger partial charge is 0.491 e. The van der Waals surface area contributed by atoms with Gasteiger partial charge in [0.05, 0.1) is 18.2 Å². The molecule has 0 unspecified atom stereocenters. The molecule has 9 heteroatoms. The molecule has 0 radical (unpaired) electrons. The number of ether oxygens (including phenoxy) is 1. The summed E-state index contributed by atoms with van der Waals surface area (Å²) in [6.45, 7) is 6.44. The van der Waals surface area contributed by atoms with Crippen LogP contribution in [0.4, 0.5) is 5.82 Å². The molecule has 0 N–H and O–H groups in total. The highest BCUT2D eigenvalue weighted by Gasteiger charge is 2.29. The van der Waals surface area contributed by atoms with Gasteiger partial charge in [-0.15, -0.1) is 0 Å². The lowest BCUT2D eigenvalue weighted by Gasteiger charge is -2.26. The summed E-state index contributed by atoms with van der Waals surface area (Å²) in [5.41, 5.74) is 2.98. The average Bonchev–Trinajstić information content (AvgIpc) is 3.57. The molecule has 1 atom stereocenters. The van der Waals surface area contributed by atoms with Crippen molar-refractivity contribution in [3.05, 3.63) is 54.9 Å². The van der Waals surface area contributed by atoms with Crippen molar-refractivity contribution in [1.82, 2.24) is 34.3 Å². The Labute approximate surface area is 192 Å². The molecule has 2 aliphatic heterocycles. The normalized spacial score (nSPS) is 17.5. The maximum Gasteiger partial charge on any atom is 0.178 e. The quantitative estimate of drug-likeness (QED) is 0.473. The van der Waals surface area contributed by atoms with E-state index in [1.54, 1.807) is 6.33 Å². The fourth-order valence-electron chi connectivity index (χ4n) is 4.82. The maximum absolute atomic E-state index is 6.15. The lowest BCUT2D eigenvalue weighted by Crippen LogP contribution is -2.23. The van der Waals surface area contributed by atoms with Crippen LogP contribution in [0, 0.1) is 0 Å². The van der Waals surface area contributed by atoms with E-state index >= 15 is 0 Å². The van der Waals surface area contributed by atoms with E-state index in [0.29, 0.717) is 19.2 Å². The van der Waals surface area contributed by atoms with Crippen LogP contribution in [0.3, 0.4) is 0 Å². The van der Waals surface area contributed by atoms with E-state index in [-0.39, 0.29) is 6.04 Å². The monoisotopic (exact) mass is 442 g/mol. The smallest absolute Gasteiger partial charge is 0.178 e. The number of hydrogen-bond donors (Lipinski definition) is 0. The van der Waals surface area contributed by atoms with Gasteiger partial charge in [-0.3, -0.25) is 4.98 Å². The van der Waals surface area contributed by atoms with Crippen molar-refractivity contribution in [2.75, 3.05) is 18.1 Å². The Kier molecular flexibility index (Phi) is 4.82. The van der Waals surface area contributed by atoms with Gasteiger partial charge in [-0.1, -0.05) is 0 Å². The molecule has 0 amide bonds. The molecule has 33 heavy (non-hydrogen) atoms. The van der Waals surface area contributed by atoms with Crippen molar-refractivity contribution in [3.63, 3.8) is 0 Å². The fourth-order valence-corrected chi connectivity index (χ4v) is 4.82. The molecule has 2 aliphatic rings. The topological polar surface area (TPSA) is 86.8 Å². The molecule has 6 heterocycles. The van der Waals surface area contributed by atoms with Crippen molar-refractivity contribution in [2.45, 2.75) is 45.3 Å². The van der Waals surface area contributed by atoms with Crippen LogP contribution >= 0.6 is 0 Å². The third-order valence-corrected chi connectivity index (χ3v) is 6.39. The number of fused-ring (bicyclic) bond motifs is 3. The van der Waals surface area contributed by atoms with E-state index in [1.165, 1.54) is 5.56 Å². The van der Waals surface area contributed by atoms with Gasteiger partial charge in [-0.05, 0) is 44.4 Å². The van der Waals surface area contributed by atoms with E-state index in [2.05, 4.69) is 56.6 Å². The summed E-state index contributed by atoms with van der Waals surface area (Å²) in [7, 11) is 0. The molecule has 1 fully saturated rings. The minimum Gasteiger partial charge on any atom is -0.491 e. The SMILES string of the molecule is CC(C)n1ncnc1-c1cn2c(n1)-c1cnc(N3CCC[C@@H]3c3ccncc3)cc1OCC2. The van der Waals surface area contributed by atoms with Gasteiger partial charge in [0.15, 0.2) is 5.82 Å². The van der Waals surface area contributed by atoms with E-state index in [0.717, 1.165) is 53.9 Å². The third kappa shape index (κ3) is 3.44. The number of rotatable bonds is 4. The summed E-state index contributed by atoms with van der Waals surface area (Å²) >= 11 is 0. The van der Waals surface area contributed by atoms with Gasteiger partial charge in [0.25, 0.3) is 0 Å². The molecule has 0 aromatic carbocycles. The first-order chi connectivity index (χ1) is 16.2. The van der Waals surface area contributed by atoms with Crippen LogP contribution in [-0.2, 0) is 6.54 Å². The van der Waals surface area contributed by atoms with Crippen molar-refractivity contribution in [2.24, 2.45) is 0 Å². The van der Waals surface area contributed by atoms with E-state index < -0.39 is 0 Å². The zero-order chi connectivity index (χ0) is 22.4. The molecular weight excluding hydrogens is 416 g/mol. The number of imidazole rings is 1. The summed E-state index contributed by atoms with van der Waals surface area (Å²) < 4.78 is 10.2. The predicted molar refractivity (Wildman–Crippen MR) is 124 cm³/mol. The zero-order valence-corrected chi connectivity index (χ0v) is 18.8. The molecule has 4 aromatic rings. The zero-order valence-electron chi connectivity index (χ0n) is 18.8. The Hall–Kier alpha value is -3.75. The number of pyridine rings is 2. The number of hydrogen-bond acceptors (Lipinski definition) is 7. The lowest BCUT2D eigenvalue weighted by molar-refractivity contribution is 0.306. The van der Waals surface area contributed by atoms with Gasteiger partial charge in [0.1, 0.15) is 36.0 Å². The van der Waals surface area contributed by atoms with Gasteiger partial charge in [-0.25, -0.2) is 19.6 Å². The number of aromatic nitrogens is 7. The maximum atomic E-state index is 6.15. The van der Waals surface area contributed by atoms with Crippen molar-refractivity contribution in [3.8, 4) is 28.7 Å². The number of nitrogens with zero attached hydrogens (tertiary/aromatic N) is 8. The van der Waals surface area contributed by atoms with Crippen LogP contribution in [0.1, 0.15) is 44.3 Å². The minimum atomic E-state index is 0.206. The first kappa shape index (κ1) is 19.9. The molecule has 1 saturated heterocycles. The minimum absolute atomic E-state index is 0.206. The van der Waals surface area contributed by atoms with E-state index in [4.69, 9.17) is 14.7 Å².